The van der Waals surface area contributed by atoms with Gasteiger partial charge in [0.25, 0.3) is 15.9 Å². The van der Waals surface area contributed by atoms with Crippen LogP contribution < -0.4 is 9.62 Å². The van der Waals surface area contributed by atoms with E-state index in [9.17, 15) is 13.2 Å². The number of amides is 1. The van der Waals surface area contributed by atoms with Crippen LogP contribution in [0.2, 0.25) is 0 Å². The predicted octanol–water partition coefficient (Wildman–Crippen LogP) is 1.96. The van der Waals surface area contributed by atoms with Crippen LogP contribution in [0.15, 0.2) is 41.3 Å². The molecule has 1 aromatic carbocycles. The molecular weight excluding hydrogens is 340 g/mol. The Morgan fingerprint density at radius 2 is 1.76 bits per heavy atom. The topological polar surface area (TPSA) is 82.6 Å². The number of hydrogen-bond acceptors (Lipinski definition) is 5. The van der Waals surface area contributed by atoms with Crippen LogP contribution in [0.1, 0.15) is 16.1 Å². The molecule has 0 aliphatic rings. The predicted molar refractivity (Wildman–Crippen MR) is 98.6 cm³/mol. The minimum absolute atomic E-state index is 0.0969. The Bertz CT molecular complexity index is 893. The second-order valence-corrected chi connectivity index (χ2v) is 7.74. The van der Waals surface area contributed by atoms with Gasteiger partial charge < -0.3 is 9.80 Å². The molecule has 1 N–H and O–H groups in total. The van der Waals surface area contributed by atoms with Crippen LogP contribution in [0.3, 0.4) is 0 Å². The highest BCUT2D eigenvalue weighted by molar-refractivity contribution is 7.92. The number of nitrogens with one attached hydrogen (secondary N) is 1. The first-order valence-corrected chi connectivity index (χ1v) is 9.09. The van der Waals surface area contributed by atoms with Crippen molar-refractivity contribution in [2.24, 2.45) is 0 Å². The molecule has 2 aromatic rings. The number of carbonyl (C=O) groups is 1. The summed E-state index contributed by atoms with van der Waals surface area (Å²) < 4.78 is 27.7. The number of aryl methyl sites for hydroxylation is 1. The number of pyridine rings is 1. The Balaban J connectivity index is 2.35. The number of rotatable bonds is 5. The summed E-state index contributed by atoms with van der Waals surface area (Å²) in [7, 11) is 3.10. The van der Waals surface area contributed by atoms with Gasteiger partial charge in [-0.25, -0.2) is 13.4 Å². The van der Waals surface area contributed by atoms with Crippen LogP contribution in [0, 0.1) is 6.92 Å². The van der Waals surface area contributed by atoms with E-state index in [0.717, 1.165) is 11.3 Å². The third-order valence-electron chi connectivity index (χ3n) is 3.59. The molecule has 0 aliphatic carbocycles. The van der Waals surface area contributed by atoms with Gasteiger partial charge in [0.15, 0.2) is 0 Å². The largest absolute Gasteiger partial charge is 0.377 e. The molecule has 0 bridgehead atoms. The van der Waals surface area contributed by atoms with E-state index in [-0.39, 0.29) is 22.3 Å². The van der Waals surface area contributed by atoms with Gasteiger partial charge in [-0.05, 0) is 36.8 Å². The third kappa shape index (κ3) is 4.27. The summed E-state index contributed by atoms with van der Waals surface area (Å²) in [5.74, 6) is -0.203. The van der Waals surface area contributed by atoms with Gasteiger partial charge in [-0.15, -0.1) is 0 Å². The molecule has 7 nitrogen and oxygen atoms in total. The Morgan fingerprint density at radius 1 is 1.08 bits per heavy atom. The van der Waals surface area contributed by atoms with Gasteiger partial charge in [-0.1, -0.05) is 12.1 Å². The molecule has 0 spiro atoms. The smallest absolute Gasteiger partial charge is 0.272 e. The number of anilines is 2. The van der Waals surface area contributed by atoms with Gasteiger partial charge in [-0.3, -0.25) is 9.52 Å². The van der Waals surface area contributed by atoms with Gasteiger partial charge in [0, 0.05) is 33.9 Å². The average molecular weight is 362 g/mol. The molecule has 1 amide bonds. The second kappa shape index (κ2) is 7.10. The van der Waals surface area contributed by atoms with Crippen molar-refractivity contribution in [3.05, 3.63) is 47.7 Å². The Labute approximate surface area is 148 Å². The van der Waals surface area contributed by atoms with Gasteiger partial charge in [-0.2, -0.15) is 0 Å². The van der Waals surface area contributed by atoms with Crippen molar-refractivity contribution < 1.29 is 13.2 Å². The molecule has 1 heterocycles. The Kier molecular flexibility index (Phi) is 5.32. The van der Waals surface area contributed by atoms with Gasteiger partial charge in [0.2, 0.25) is 0 Å². The molecule has 0 radical (unpaired) electrons. The fourth-order valence-electron chi connectivity index (χ4n) is 2.27. The summed E-state index contributed by atoms with van der Waals surface area (Å²) in [6, 6.07) is 9.53. The van der Waals surface area contributed by atoms with E-state index in [1.807, 2.05) is 25.9 Å². The minimum Gasteiger partial charge on any atom is -0.377 e. The standard InChI is InChI=1S/C17H22N4O3S/c1-12-9-10-13(11-15(12)20(2)3)25(23,24)19-16-8-6-7-14(18-16)17(22)21(4)5/h6-11H,1-5H3,(H,18,19). The lowest BCUT2D eigenvalue weighted by Crippen LogP contribution is -2.23. The minimum atomic E-state index is -3.81. The molecule has 0 saturated carbocycles. The van der Waals surface area contributed by atoms with Gasteiger partial charge in [0.05, 0.1) is 4.90 Å². The van der Waals surface area contributed by atoms with E-state index < -0.39 is 10.0 Å². The molecule has 0 unspecified atom stereocenters. The van der Waals surface area contributed by atoms with E-state index >= 15 is 0 Å². The van der Waals surface area contributed by atoms with Crippen LogP contribution in [0.25, 0.3) is 0 Å². The van der Waals surface area contributed by atoms with Crippen LogP contribution >= 0.6 is 0 Å². The van der Waals surface area contributed by atoms with Gasteiger partial charge in [0.1, 0.15) is 11.5 Å². The number of aromatic nitrogens is 1. The first-order valence-electron chi connectivity index (χ1n) is 7.61. The number of sulfonamides is 1. The lowest BCUT2D eigenvalue weighted by molar-refractivity contribution is 0.0822. The SMILES string of the molecule is Cc1ccc(S(=O)(=O)Nc2cccc(C(=O)N(C)C)n2)cc1N(C)C. The molecule has 25 heavy (non-hydrogen) atoms. The molecule has 0 aliphatic heterocycles. The Hall–Kier alpha value is -2.61. The number of hydrogen-bond donors (Lipinski definition) is 1. The van der Waals surface area contributed by atoms with Crippen molar-refractivity contribution in [1.82, 2.24) is 9.88 Å². The molecule has 134 valence electrons. The molecule has 0 saturated heterocycles. The molecule has 8 heteroatoms. The highest BCUT2D eigenvalue weighted by Crippen LogP contribution is 2.23. The number of carbonyl (C=O) groups excluding carboxylic acids is 1. The summed E-state index contributed by atoms with van der Waals surface area (Å²) in [6.45, 7) is 1.91. The molecule has 0 fully saturated rings. The fourth-order valence-corrected chi connectivity index (χ4v) is 3.30. The highest BCUT2D eigenvalue weighted by atomic mass is 32.2. The highest BCUT2D eigenvalue weighted by Gasteiger charge is 2.18. The first-order chi connectivity index (χ1) is 11.6. The van der Waals surface area contributed by atoms with Crippen molar-refractivity contribution in [3.63, 3.8) is 0 Å². The van der Waals surface area contributed by atoms with E-state index in [1.54, 1.807) is 38.4 Å². The average Bonchev–Trinajstić information content (AvgIpc) is 2.53. The summed E-state index contributed by atoms with van der Waals surface area (Å²) in [4.78, 5) is 19.4. The quantitative estimate of drug-likeness (QED) is 0.879. The molecule has 2 rings (SSSR count). The summed E-state index contributed by atoms with van der Waals surface area (Å²) in [5, 5.41) is 0. The van der Waals surface area contributed by atoms with E-state index in [0.29, 0.717) is 0 Å². The summed E-state index contributed by atoms with van der Waals surface area (Å²) in [6.07, 6.45) is 0. The van der Waals surface area contributed by atoms with E-state index in [2.05, 4.69) is 9.71 Å². The van der Waals surface area contributed by atoms with Gasteiger partial charge >= 0.3 is 0 Å². The van der Waals surface area contributed by atoms with Crippen molar-refractivity contribution in [3.8, 4) is 0 Å². The summed E-state index contributed by atoms with van der Waals surface area (Å²) in [5.41, 5.74) is 1.95. The second-order valence-electron chi connectivity index (χ2n) is 6.06. The number of nitrogens with zero attached hydrogens (tertiary/aromatic N) is 3. The third-order valence-corrected chi connectivity index (χ3v) is 4.94. The van der Waals surface area contributed by atoms with E-state index in [1.165, 1.54) is 17.0 Å². The zero-order chi connectivity index (χ0) is 18.8. The number of benzene rings is 1. The zero-order valence-electron chi connectivity index (χ0n) is 14.9. The molecule has 1 aromatic heterocycles. The fraction of sp³-hybridized carbons (Fsp3) is 0.294. The van der Waals surface area contributed by atoms with Crippen molar-refractivity contribution >= 4 is 27.4 Å². The lowest BCUT2D eigenvalue weighted by atomic mass is 10.2. The van der Waals surface area contributed by atoms with Crippen LogP contribution in [-0.4, -0.2) is 52.4 Å². The normalized spacial score (nSPS) is 11.1. The monoisotopic (exact) mass is 362 g/mol. The Morgan fingerprint density at radius 3 is 2.36 bits per heavy atom. The molecule has 0 atom stereocenters. The maximum Gasteiger partial charge on any atom is 0.272 e. The van der Waals surface area contributed by atoms with Crippen LogP contribution in [0.4, 0.5) is 11.5 Å². The summed E-state index contributed by atoms with van der Waals surface area (Å²) >= 11 is 0. The van der Waals surface area contributed by atoms with Crippen LogP contribution in [0.5, 0.6) is 0 Å². The lowest BCUT2D eigenvalue weighted by Gasteiger charge is -2.17. The first kappa shape index (κ1) is 18.7. The molecular formula is C17H22N4O3S. The van der Waals surface area contributed by atoms with E-state index in [4.69, 9.17) is 0 Å². The maximum atomic E-state index is 12.6. The van der Waals surface area contributed by atoms with Crippen LogP contribution in [-0.2, 0) is 10.0 Å². The maximum absolute atomic E-state index is 12.6. The van der Waals surface area contributed by atoms with Crippen molar-refractivity contribution in [1.29, 1.82) is 0 Å². The van der Waals surface area contributed by atoms with Crippen molar-refractivity contribution in [2.45, 2.75) is 11.8 Å². The van der Waals surface area contributed by atoms with Crippen molar-refractivity contribution in [2.75, 3.05) is 37.8 Å². The zero-order valence-corrected chi connectivity index (χ0v) is 15.8.